The molecule has 1 fully saturated rings. The zero-order valence-corrected chi connectivity index (χ0v) is 15.6. The fourth-order valence-electron chi connectivity index (χ4n) is 3.16. The predicted octanol–water partition coefficient (Wildman–Crippen LogP) is 2.09. The Morgan fingerprint density at radius 2 is 1.82 bits per heavy atom. The molecule has 1 saturated heterocycles. The van der Waals surface area contributed by atoms with Gasteiger partial charge in [-0.25, -0.2) is 0 Å². The Morgan fingerprint density at radius 3 is 2.46 bits per heavy atom. The first-order valence-corrected chi connectivity index (χ1v) is 8.84. The number of anilines is 1. The Labute approximate surface area is 160 Å². The van der Waals surface area contributed by atoms with Crippen LogP contribution in [0.3, 0.4) is 0 Å². The second kappa shape index (κ2) is 7.63. The Kier molecular flexibility index (Phi) is 5.25. The maximum atomic E-state index is 12.6. The lowest BCUT2D eigenvalue weighted by atomic mass is 10.1. The highest BCUT2D eigenvalue weighted by molar-refractivity contribution is 6.05. The maximum absolute atomic E-state index is 12.6. The first-order chi connectivity index (χ1) is 13.3. The molecule has 9 nitrogen and oxygen atoms in total. The molecule has 1 aromatic carbocycles. The molecule has 1 N–H and O–H groups in total. The van der Waals surface area contributed by atoms with Crippen molar-refractivity contribution in [1.29, 1.82) is 0 Å². The summed E-state index contributed by atoms with van der Waals surface area (Å²) in [5, 5.41) is 13.6. The van der Waals surface area contributed by atoms with Crippen molar-refractivity contribution in [3.8, 4) is 0 Å². The van der Waals surface area contributed by atoms with Crippen LogP contribution < -0.4 is 10.9 Å². The van der Waals surface area contributed by atoms with Crippen LogP contribution >= 0.6 is 0 Å². The minimum atomic E-state index is -0.661. The molecule has 2 heterocycles. The van der Waals surface area contributed by atoms with Gasteiger partial charge in [0.1, 0.15) is 5.69 Å². The number of pyridine rings is 1. The molecule has 3 rings (SSSR count). The van der Waals surface area contributed by atoms with Crippen LogP contribution in [-0.2, 0) is 7.05 Å². The number of nitro benzene ring substituents is 1. The van der Waals surface area contributed by atoms with Crippen molar-refractivity contribution in [3.63, 3.8) is 0 Å². The molecule has 0 bridgehead atoms. The molecule has 9 heteroatoms. The number of rotatable bonds is 4. The number of carbonyl (C=O) groups is 2. The zero-order chi connectivity index (χ0) is 20.4. The minimum Gasteiger partial charge on any atom is -0.339 e. The number of nitro groups is 1. The summed E-state index contributed by atoms with van der Waals surface area (Å²) in [6.07, 6.45) is 3.32. The minimum absolute atomic E-state index is 0.0515. The van der Waals surface area contributed by atoms with Gasteiger partial charge in [0, 0.05) is 43.5 Å². The topological polar surface area (TPSA) is 115 Å². The summed E-state index contributed by atoms with van der Waals surface area (Å²) in [4.78, 5) is 49.7. The molecule has 28 heavy (non-hydrogen) atoms. The van der Waals surface area contributed by atoms with Crippen molar-refractivity contribution in [2.75, 3.05) is 18.4 Å². The van der Waals surface area contributed by atoms with Crippen molar-refractivity contribution in [2.45, 2.75) is 19.8 Å². The zero-order valence-electron chi connectivity index (χ0n) is 15.6. The molecule has 1 aliphatic rings. The van der Waals surface area contributed by atoms with Gasteiger partial charge < -0.3 is 14.8 Å². The average Bonchev–Trinajstić information content (AvgIpc) is 3.19. The third kappa shape index (κ3) is 3.78. The Morgan fingerprint density at radius 1 is 1.14 bits per heavy atom. The molecule has 1 aromatic heterocycles. The summed E-state index contributed by atoms with van der Waals surface area (Å²) < 4.78 is 1.23. The average molecular weight is 384 g/mol. The molecule has 0 saturated carbocycles. The quantitative estimate of drug-likeness (QED) is 0.640. The number of hydrogen-bond donors (Lipinski definition) is 1. The fraction of sp³-hybridized carbons (Fsp3) is 0.316. The molecule has 0 spiro atoms. The van der Waals surface area contributed by atoms with Gasteiger partial charge >= 0.3 is 0 Å². The highest BCUT2D eigenvalue weighted by Gasteiger charge is 2.22. The summed E-state index contributed by atoms with van der Waals surface area (Å²) in [6.45, 7) is 2.90. The van der Waals surface area contributed by atoms with Gasteiger partial charge in [-0.1, -0.05) is 6.07 Å². The normalized spacial score (nSPS) is 13.4. The van der Waals surface area contributed by atoms with Crippen LogP contribution in [0.4, 0.5) is 11.4 Å². The van der Waals surface area contributed by atoms with E-state index in [2.05, 4.69) is 5.32 Å². The number of aryl methyl sites for hydroxylation is 2. The molecular formula is C19H20N4O5. The van der Waals surface area contributed by atoms with Gasteiger partial charge in [-0.15, -0.1) is 0 Å². The highest BCUT2D eigenvalue weighted by Crippen LogP contribution is 2.20. The Balaban J connectivity index is 1.90. The van der Waals surface area contributed by atoms with E-state index in [1.54, 1.807) is 11.8 Å². The van der Waals surface area contributed by atoms with E-state index in [0.717, 1.165) is 18.9 Å². The molecule has 0 unspecified atom stereocenters. The van der Waals surface area contributed by atoms with Crippen molar-refractivity contribution in [3.05, 3.63) is 67.6 Å². The largest absolute Gasteiger partial charge is 0.339 e. The van der Waals surface area contributed by atoms with E-state index in [-0.39, 0.29) is 22.8 Å². The molecule has 0 aliphatic carbocycles. The molecule has 1 aliphatic heterocycles. The second-order valence-corrected chi connectivity index (χ2v) is 6.77. The SMILES string of the molecule is Cc1ccc(C(=O)Nc2cc(C(=O)N3CCCC3)cn(C)c2=O)cc1[N+](=O)[O-]. The Hall–Kier alpha value is -3.49. The van der Waals surface area contributed by atoms with E-state index in [0.29, 0.717) is 24.2 Å². The van der Waals surface area contributed by atoms with Gasteiger partial charge in [-0.05, 0) is 31.9 Å². The van der Waals surface area contributed by atoms with Gasteiger partial charge in [0.15, 0.2) is 0 Å². The fourth-order valence-corrected chi connectivity index (χ4v) is 3.16. The van der Waals surface area contributed by atoms with E-state index < -0.39 is 16.4 Å². The van der Waals surface area contributed by atoms with Gasteiger partial charge in [-0.3, -0.25) is 24.5 Å². The number of benzene rings is 1. The van der Waals surface area contributed by atoms with E-state index in [1.165, 1.54) is 36.0 Å². The van der Waals surface area contributed by atoms with Crippen molar-refractivity contribution in [1.82, 2.24) is 9.47 Å². The summed E-state index contributed by atoms with van der Waals surface area (Å²) in [7, 11) is 1.50. The van der Waals surface area contributed by atoms with E-state index in [9.17, 15) is 24.5 Å². The predicted molar refractivity (Wildman–Crippen MR) is 103 cm³/mol. The van der Waals surface area contributed by atoms with Gasteiger partial charge in [0.2, 0.25) is 0 Å². The Bertz CT molecular complexity index is 1020. The van der Waals surface area contributed by atoms with Gasteiger partial charge in [0.05, 0.1) is 10.5 Å². The summed E-state index contributed by atoms with van der Waals surface area (Å²) >= 11 is 0. The first-order valence-electron chi connectivity index (χ1n) is 8.84. The summed E-state index contributed by atoms with van der Waals surface area (Å²) in [6, 6.07) is 5.43. The highest BCUT2D eigenvalue weighted by atomic mass is 16.6. The number of nitrogens with one attached hydrogen (secondary N) is 1. The third-order valence-corrected chi connectivity index (χ3v) is 4.74. The summed E-state index contributed by atoms with van der Waals surface area (Å²) in [5.74, 6) is -0.861. The van der Waals surface area contributed by atoms with Crippen LogP contribution in [0.25, 0.3) is 0 Å². The lowest BCUT2D eigenvalue weighted by Gasteiger charge is -2.16. The van der Waals surface area contributed by atoms with Crippen molar-refractivity contribution >= 4 is 23.2 Å². The first kappa shape index (κ1) is 19.3. The molecule has 146 valence electrons. The lowest BCUT2D eigenvalue weighted by Crippen LogP contribution is -2.30. The van der Waals surface area contributed by atoms with E-state index in [1.807, 2.05) is 0 Å². The van der Waals surface area contributed by atoms with Crippen LogP contribution in [0, 0.1) is 17.0 Å². The number of aromatic nitrogens is 1. The monoisotopic (exact) mass is 384 g/mol. The molecule has 0 atom stereocenters. The molecule has 2 amide bonds. The van der Waals surface area contributed by atoms with Crippen LogP contribution in [-0.4, -0.2) is 39.3 Å². The number of hydrogen-bond acceptors (Lipinski definition) is 5. The number of nitrogens with zero attached hydrogens (tertiary/aromatic N) is 3. The van der Waals surface area contributed by atoms with E-state index in [4.69, 9.17) is 0 Å². The van der Waals surface area contributed by atoms with Gasteiger partial charge in [-0.2, -0.15) is 0 Å². The number of carbonyl (C=O) groups excluding carboxylic acids is 2. The smallest absolute Gasteiger partial charge is 0.274 e. The number of likely N-dealkylation sites (tertiary alicyclic amines) is 1. The lowest BCUT2D eigenvalue weighted by molar-refractivity contribution is -0.385. The van der Waals surface area contributed by atoms with Crippen molar-refractivity contribution < 1.29 is 14.5 Å². The standard InChI is InChI=1S/C19H20N4O5/c1-12-5-6-13(10-16(12)23(27)28)17(24)20-15-9-14(11-21(2)19(15)26)18(25)22-7-3-4-8-22/h5-6,9-11H,3-4,7-8H2,1-2H3,(H,20,24). The maximum Gasteiger partial charge on any atom is 0.274 e. The number of amides is 2. The molecule has 2 aromatic rings. The molecular weight excluding hydrogens is 364 g/mol. The second-order valence-electron chi connectivity index (χ2n) is 6.77. The van der Waals surface area contributed by atoms with Crippen LogP contribution in [0.2, 0.25) is 0 Å². The van der Waals surface area contributed by atoms with Crippen molar-refractivity contribution in [2.24, 2.45) is 7.05 Å². The van der Waals surface area contributed by atoms with Gasteiger partial charge in [0.25, 0.3) is 23.1 Å². The van der Waals surface area contributed by atoms with Crippen LogP contribution in [0.1, 0.15) is 39.1 Å². The molecule has 0 radical (unpaired) electrons. The van der Waals surface area contributed by atoms with E-state index >= 15 is 0 Å². The third-order valence-electron chi connectivity index (χ3n) is 4.74. The van der Waals surface area contributed by atoms with Crippen LogP contribution in [0.5, 0.6) is 0 Å². The van der Waals surface area contributed by atoms with Crippen LogP contribution in [0.15, 0.2) is 35.3 Å². The summed E-state index contributed by atoms with van der Waals surface area (Å²) in [5.41, 5.74) is 0.0627.